The highest BCUT2D eigenvalue weighted by atomic mass is 15.2. The van der Waals surface area contributed by atoms with E-state index in [2.05, 4.69) is 74.4 Å². The SMILES string of the molecule is CCCCCCC(C)C(C)(N(C)C)C(C)(C)C(C)(C)C. The fourth-order valence-corrected chi connectivity index (χ4v) is 3.53. The number of rotatable bonds is 8. The van der Waals surface area contributed by atoms with E-state index in [0.717, 1.165) is 0 Å². The van der Waals surface area contributed by atoms with Gasteiger partial charge < -0.3 is 4.90 Å². The molecular formula is C19H41N. The first-order valence-electron chi connectivity index (χ1n) is 8.60. The van der Waals surface area contributed by atoms with E-state index < -0.39 is 0 Å². The molecule has 0 rings (SSSR count). The molecule has 0 saturated carbocycles. The van der Waals surface area contributed by atoms with Crippen molar-refractivity contribution in [2.75, 3.05) is 14.1 Å². The lowest BCUT2D eigenvalue weighted by molar-refractivity contribution is -0.0800. The van der Waals surface area contributed by atoms with Crippen LogP contribution in [0.4, 0.5) is 0 Å². The summed E-state index contributed by atoms with van der Waals surface area (Å²) in [6.45, 7) is 19.3. The third-order valence-corrected chi connectivity index (χ3v) is 6.52. The maximum absolute atomic E-state index is 2.47. The highest BCUT2D eigenvalue weighted by Gasteiger charge is 2.52. The summed E-state index contributed by atoms with van der Waals surface area (Å²) in [4.78, 5) is 2.47. The van der Waals surface area contributed by atoms with E-state index in [0.29, 0.717) is 11.3 Å². The first kappa shape index (κ1) is 20.0. The molecule has 0 N–H and O–H groups in total. The Morgan fingerprint density at radius 2 is 1.35 bits per heavy atom. The van der Waals surface area contributed by atoms with Crippen molar-refractivity contribution in [2.24, 2.45) is 16.7 Å². The maximum atomic E-state index is 2.47. The second kappa shape index (κ2) is 7.29. The zero-order valence-electron chi connectivity index (χ0n) is 16.1. The monoisotopic (exact) mass is 283 g/mol. The molecular weight excluding hydrogens is 242 g/mol. The molecule has 0 aliphatic heterocycles. The summed E-state index contributed by atoms with van der Waals surface area (Å²) in [6, 6.07) is 0. The van der Waals surface area contributed by atoms with Crippen LogP contribution in [0.2, 0.25) is 0 Å². The molecule has 0 aromatic heterocycles. The van der Waals surface area contributed by atoms with Gasteiger partial charge in [0.2, 0.25) is 0 Å². The van der Waals surface area contributed by atoms with E-state index in [9.17, 15) is 0 Å². The van der Waals surface area contributed by atoms with Crippen molar-refractivity contribution in [3.63, 3.8) is 0 Å². The molecule has 1 heteroatoms. The molecule has 0 aromatic carbocycles. The number of hydrogen-bond donors (Lipinski definition) is 0. The van der Waals surface area contributed by atoms with Crippen molar-refractivity contribution in [1.82, 2.24) is 4.90 Å². The smallest absolute Gasteiger partial charge is 0.0256 e. The molecule has 0 saturated heterocycles. The van der Waals surface area contributed by atoms with Gasteiger partial charge in [0.15, 0.2) is 0 Å². The van der Waals surface area contributed by atoms with E-state index in [4.69, 9.17) is 0 Å². The summed E-state index contributed by atoms with van der Waals surface area (Å²) in [5.41, 5.74) is 0.773. The van der Waals surface area contributed by atoms with Crippen molar-refractivity contribution in [3.8, 4) is 0 Å². The molecule has 2 atom stereocenters. The minimum atomic E-state index is 0.220. The largest absolute Gasteiger partial charge is 0.303 e. The van der Waals surface area contributed by atoms with Crippen molar-refractivity contribution in [2.45, 2.75) is 93.0 Å². The molecule has 0 fully saturated rings. The Morgan fingerprint density at radius 3 is 1.70 bits per heavy atom. The van der Waals surface area contributed by atoms with Crippen LogP contribution in [0, 0.1) is 16.7 Å². The van der Waals surface area contributed by atoms with Gasteiger partial charge in [-0.3, -0.25) is 0 Å². The molecule has 0 heterocycles. The summed E-state index contributed by atoms with van der Waals surface area (Å²) < 4.78 is 0. The molecule has 1 nitrogen and oxygen atoms in total. The molecule has 0 aliphatic rings. The van der Waals surface area contributed by atoms with Crippen molar-refractivity contribution < 1.29 is 0 Å². The van der Waals surface area contributed by atoms with Crippen LogP contribution in [-0.4, -0.2) is 24.5 Å². The Morgan fingerprint density at radius 1 is 0.850 bits per heavy atom. The van der Waals surface area contributed by atoms with Gasteiger partial charge in [-0.05, 0) is 44.2 Å². The predicted octanol–water partition coefficient (Wildman–Crippen LogP) is 5.99. The highest BCUT2D eigenvalue weighted by molar-refractivity contribution is 5.05. The molecule has 122 valence electrons. The van der Waals surface area contributed by atoms with Gasteiger partial charge in [0.25, 0.3) is 0 Å². The second-order valence-corrected chi connectivity index (χ2v) is 8.67. The third-order valence-electron chi connectivity index (χ3n) is 6.52. The van der Waals surface area contributed by atoms with E-state index in [1.54, 1.807) is 0 Å². The zero-order chi connectivity index (χ0) is 16.2. The van der Waals surface area contributed by atoms with Crippen LogP contribution in [-0.2, 0) is 0 Å². The fourth-order valence-electron chi connectivity index (χ4n) is 3.53. The minimum absolute atomic E-state index is 0.220. The Hall–Kier alpha value is -0.0400. The maximum Gasteiger partial charge on any atom is 0.0256 e. The van der Waals surface area contributed by atoms with Crippen molar-refractivity contribution in [1.29, 1.82) is 0 Å². The first-order chi connectivity index (χ1) is 8.92. The van der Waals surface area contributed by atoms with Crippen LogP contribution >= 0.6 is 0 Å². The normalized spacial score (nSPS) is 18.1. The quantitative estimate of drug-likeness (QED) is 0.495. The summed E-state index contributed by atoms with van der Waals surface area (Å²) in [5.74, 6) is 0.712. The van der Waals surface area contributed by atoms with Gasteiger partial charge in [-0.15, -0.1) is 0 Å². The lowest BCUT2D eigenvalue weighted by Crippen LogP contribution is -2.61. The van der Waals surface area contributed by atoms with Gasteiger partial charge >= 0.3 is 0 Å². The van der Waals surface area contributed by atoms with E-state index in [1.165, 1.54) is 32.1 Å². The standard InChI is InChI=1S/C19H41N/c1-11-12-13-14-15-16(2)19(8,20(9)10)18(6,7)17(3,4)5/h16H,11-15H2,1-10H3. The molecule has 2 unspecified atom stereocenters. The van der Waals surface area contributed by atoms with Crippen LogP contribution in [0.5, 0.6) is 0 Å². The van der Waals surface area contributed by atoms with Crippen molar-refractivity contribution >= 4 is 0 Å². The zero-order valence-corrected chi connectivity index (χ0v) is 16.1. The fraction of sp³-hybridized carbons (Fsp3) is 1.00. The topological polar surface area (TPSA) is 3.24 Å². The number of hydrogen-bond acceptors (Lipinski definition) is 1. The lowest BCUT2D eigenvalue weighted by atomic mass is 9.54. The van der Waals surface area contributed by atoms with E-state index >= 15 is 0 Å². The summed E-state index contributed by atoms with van der Waals surface area (Å²) in [6.07, 6.45) is 6.81. The van der Waals surface area contributed by atoms with E-state index in [-0.39, 0.29) is 11.0 Å². The highest BCUT2D eigenvalue weighted by Crippen LogP contribution is 2.52. The van der Waals surface area contributed by atoms with Gasteiger partial charge in [-0.2, -0.15) is 0 Å². The summed E-state index contributed by atoms with van der Waals surface area (Å²) in [5, 5.41) is 0. The average molecular weight is 284 g/mol. The van der Waals surface area contributed by atoms with Crippen LogP contribution in [0.3, 0.4) is 0 Å². The first-order valence-corrected chi connectivity index (χ1v) is 8.60. The Kier molecular flexibility index (Phi) is 7.28. The van der Waals surface area contributed by atoms with Crippen molar-refractivity contribution in [3.05, 3.63) is 0 Å². The van der Waals surface area contributed by atoms with Gasteiger partial charge in [0.05, 0.1) is 0 Å². The van der Waals surface area contributed by atoms with Crippen LogP contribution in [0.15, 0.2) is 0 Å². The molecule has 0 amide bonds. The molecule has 20 heavy (non-hydrogen) atoms. The average Bonchev–Trinajstić information content (AvgIpc) is 2.31. The Bertz CT molecular complexity index is 272. The van der Waals surface area contributed by atoms with Gasteiger partial charge in [-0.25, -0.2) is 0 Å². The minimum Gasteiger partial charge on any atom is -0.303 e. The molecule has 0 bridgehead atoms. The van der Waals surface area contributed by atoms with Crippen LogP contribution in [0.25, 0.3) is 0 Å². The molecule has 0 aliphatic carbocycles. The molecule has 0 spiro atoms. The molecule has 0 aromatic rings. The Balaban J connectivity index is 5.10. The van der Waals surface area contributed by atoms with Crippen LogP contribution < -0.4 is 0 Å². The van der Waals surface area contributed by atoms with E-state index in [1.807, 2.05) is 0 Å². The Labute approximate surface area is 129 Å². The third kappa shape index (κ3) is 4.00. The number of unbranched alkanes of at least 4 members (excludes halogenated alkanes) is 3. The van der Waals surface area contributed by atoms with Gasteiger partial charge in [0.1, 0.15) is 0 Å². The second-order valence-electron chi connectivity index (χ2n) is 8.67. The summed E-state index contributed by atoms with van der Waals surface area (Å²) >= 11 is 0. The van der Waals surface area contributed by atoms with Gasteiger partial charge in [0, 0.05) is 5.54 Å². The summed E-state index contributed by atoms with van der Waals surface area (Å²) in [7, 11) is 4.52. The molecule has 0 radical (unpaired) electrons. The van der Waals surface area contributed by atoms with Crippen LogP contribution in [0.1, 0.15) is 87.5 Å². The van der Waals surface area contributed by atoms with Gasteiger partial charge in [-0.1, -0.05) is 74.1 Å². The number of nitrogens with zero attached hydrogens (tertiary/aromatic N) is 1. The lowest BCUT2D eigenvalue weighted by Gasteiger charge is -2.58. The predicted molar refractivity (Wildman–Crippen MR) is 93.3 cm³/mol.